The summed E-state index contributed by atoms with van der Waals surface area (Å²) in [5.41, 5.74) is 1.03. The van der Waals surface area contributed by atoms with Gasteiger partial charge in [0.1, 0.15) is 25.1 Å². The minimum atomic E-state index is -0.616. The van der Waals surface area contributed by atoms with Gasteiger partial charge in [-0.05, 0) is 17.7 Å². The summed E-state index contributed by atoms with van der Waals surface area (Å²) in [4.78, 5) is 21.5. The van der Waals surface area contributed by atoms with Crippen molar-refractivity contribution >= 4 is 12.3 Å². The molecule has 0 radical (unpaired) electrons. The molecule has 2 rings (SSSR count). The molecular formula is C17H16O5. The minimum Gasteiger partial charge on any atom is -0.493 e. The monoisotopic (exact) mass is 300 g/mol. The third-order valence-electron chi connectivity index (χ3n) is 2.85. The summed E-state index contributed by atoms with van der Waals surface area (Å²) in [6, 6.07) is 14.5. The molecule has 0 amide bonds. The van der Waals surface area contributed by atoms with E-state index in [1.807, 2.05) is 30.3 Å². The van der Waals surface area contributed by atoms with Gasteiger partial charge in [0.15, 0.2) is 11.5 Å². The van der Waals surface area contributed by atoms with E-state index in [0.29, 0.717) is 30.1 Å². The molecule has 22 heavy (non-hydrogen) atoms. The van der Waals surface area contributed by atoms with Crippen molar-refractivity contribution in [2.45, 2.75) is 13.0 Å². The Labute approximate surface area is 128 Å². The summed E-state index contributed by atoms with van der Waals surface area (Å²) < 4.78 is 15.9. The lowest BCUT2D eigenvalue weighted by Gasteiger charge is -2.12. The molecule has 0 fully saturated rings. The Morgan fingerprint density at radius 3 is 2.55 bits per heavy atom. The zero-order valence-electron chi connectivity index (χ0n) is 12.2. The summed E-state index contributed by atoms with van der Waals surface area (Å²) in [5, 5.41) is 0. The summed E-state index contributed by atoms with van der Waals surface area (Å²) in [5.74, 6) is 0.680. The Morgan fingerprint density at radius 1 is 1.09 bits per heavy atom. The van der Waals surface area contributed by atoms with Gasteiger partial charge in [0.2, 0.25) is 0 Å². The molecule has 0 aliphatic carbocycles. The highest BCUT2D eigenvalue weighted by Crippen LogP contribution is 2.32. The van der Waals surface area contributed by atoms with Gasteiger partial charge in [-0.25, -0.2) is 0 Å². The van der Waals surface area contributed by atoms with Crippen LogP contribution in [0.4, 0.5) is 0 Å². The van der Waals surface area contributed by atoms with Crippen molar-refractivity contribution in [1.29, 1.82) is 0 Å². The molecule has 0 spiro atoms. The molecule has 0 aliphatic rings. The van der Waals surface area contributed by atoms with Crippen LogP contribution in [-0.4, -0.2) is 19.4 Å². The Kier molecular flexibility index (Phi) is 5.54. The van der Waals surface area contributed by atoms with Gasteiger partial charge < -0.3 is 19.0 Å². The van der Waals surface area contributed by atoms with Crippen molar-refractivity contribution in [3.05, 3.63) is 54.1 Å². The highest BCUT2D eigenvalue weighted by atomic mass is 16.5. The molecule has 2 aromatic rings. The third kappa shape index (κ3) is 4.34. The van der Waals surface area contributed by atoms with Crippen LogP contribution in [0.5, 0.6) is 17.2 Å². The number of methoxy groups -OCH3 is 1. The van der Waals surface area contributed by atoms with Gasteiger partial charge in [-0.3, -0.25) is 4.79 Å². The smallest absolute Gasteiger partial charge is 0.318 e. The highest BCUT2D eigenvalue weighted by molar-refractivity contribution is 5.85. The molecule has 0 aliphatic heterocycles. The summed E-state index contributed by atoms with van der Waals surface area (Å²) >= 11 is 0. The number of hydrogen-bond donors (Lipinski definition) is 0. The van der Waals surface area contributed by atoms with Gasteiger partial charge in [0.25, 0.3) is 0 Å². The second kappa shape index (κ2) is 7.83. The number of hydrogen-bond acceptors (Lipinski definition) is 5. The molecule has 0 atom stereocenters. The molecule has 0 saturated carbocycles. The Balaban J connectivity index is 2.05. The van der Waals surface area contributed by atoms with E-state index in [2.05, 4.69) is 0 Å². The first kappa shape index (κ1) is 15.6. The summed E-state index contributed by atoms with van der Waals surface area (Å²) in [6.07, 6.45) is 0.214. The van der Waals surface area contributed by atoms with Crippen molar-refractivity contribution in [1.82, 2.24) is 0 Å². The lowest BCUT2D eigenvalue weighted by molar-refractivity contribution is -0.135. The number of benzene rings is 2. The molecule has 5 nitrogen and oxygen atoms in total. The average molecular weight is 300 g/mol. The van der Waals surface area contributed by atoms with Crippen LogP contribution in [0.1, 0.15) is 12.0 Å². The van der Waals surface area contributed by atoms with E-state index in [9.17, 15) is 9.59 Å². The molecule has 0 saturated heterocycles. The van der Waals surface area contributed by atoms with Crippen LogP contribution in [0.25, 0.3) is 0 Å². The number of aldehydes is 1. The van der Waals surface area contributed by atoms with Crippen molar-refractivity contribution < 1.29 is 23.8 Å². The molecule has 0 heterocycles. The first-order valence-corrected chi connectivity index (χ1v) is 6.72. The Hall–Kier alpha value is -2.82. The van der Waals surface area contributed by atoms with Crippen molar-refractivity contribution in [2.24, 2.45) is 0 Å². The SMILES string of the molecule is COc1cc(OC(=O)CC=O)ccc1OCc1ccccc1. The van der Waals surface area contributed by atoms with Crippen LogP contribution in [0, 0.1) is 0 Å². The second-order valence-corrected chi connectivity index (χ2v) is 4.43. The number of ether oxygens (including phenoxy) is 3. The normalized spacial score (nSPS) is 9.86. The van der Waals surface area contributed by atoms with Crippen LogP contribution < -0.4 is 14.2 Å². The van der Waals surface area contributed by atoms with E-state index in [4.69, 9.17) is 14.2 Å². The summed E-state index contributed by atoms with van der Waals surface area (Å²) in [6.45, 7) is 0.404. The number of carbonyl (C=O) groups is 2. The average Bonchev–Trinajstić information content (AvgIpc) is 2.54. The lowest BCUT2D eigenvalue weighted by atomic mass is 10.2. The van der Waals surface area contributed by atoms with Gasteiger partial charge in [-0.1, -0.05) is 30.3 Å². The number of esters is 1. The maximum Gasteiger partial charge on any atom is 0.318 e. The topological polar surface area (TPSA) is 61.8 Å². The zero-order valence-corrected chi connectivity index (χ0v) is 12.2. The largest absolute Gasteiger partial charge is 0.493 e. The fraction of sp³-hybridized carbons (Fsp3) is 0.176. The number of carbonyl (C=O) groups excluding carboxylic acids is 2. The van der Waals surface area contributed by atoms with Gasteiger partial charge in [0.05, 0.1) is 7.11 Å². The quantitative estimate of drug-likeness (QED) is 0.340. The standard InChI is InChI=1S/C17H16O5/c1-20-16-11-14(22-17(19)9-10-18)7-8-15(16)21-12-13-5-3-2-4-6-13/h2-8,10-11H,9,12H2,1H3. The van der Waals surface area contributed by atoms with Crippen LogP contribution in [0.15, 0.2) is 48.5 Å². The van der Waals surface area contributed by atoms with Crippen molar-refractivity contribution in [3.8, 4) is 17.2 Å². The fourth-order valence-electron chi connectivity index (χ4n) is 1.81. The Bertz CT molecular complexity index is 637. The van der Waals surface area contributed by atoms with Crippen LogP contribution in [0.3, 0.4) is 0 Å². The van der Waals surface area contributed by atoms with E-state index >= 15 is 0 Å². The Morgan fingerprint density at radius 2 is 1.86 bits per heavy atom. The van der Waals surface area contributed by atoms with Crippen LogP contribution >= 0.6 is 0 Å². The predicted octanol–water partition coefficient (Wildman–Crippen LogP) is 2.77. The van der Waals surface area contributed by atoms with E-state index in [1.54, 1.807) is 18.2 Å². The van der Waals surface area contributed by atoms with Gasteiger partial charge in [-0.2, -0.15) is 0 Å². The summed E-state index contributed by atoms with van der Waals surface area (Å²) in [7, 11) is 1.50. The maximum absolute atomic E-state index is 11.3. The first-order chi connectivity index (χ1) is 10.7. The van der Waals surface area contributed by atoms with Gasteiger partial charge in [-0.15, -0.1) is 0 Å². The molecule has 0 aromatic heterocycles. The molecule has 0 bridgehead atoms. The van der Waals surface area contributed by atoms with E-state index in [1.165, 1.54) is 7.11 Å². The predicted molar refractivity (Wildman–Crippen MR) is 80.1 cm³/mol. The molecule has 114 valence electrons. The molecule has 5 heteroatoms. The fourth-order valence-corrected chi connectivity index (χ4v) is 1.81. The van der Waals surface area contributed by atoms with Gasteiger partial charge >= 0.3 is 5.97 Å². The molecule has 2 aromatic carbocycles. The maximum atomic E-state index is 11.3. The lowest BCUT2D eigenvalue weighted by Crippen LogP contribution is -2.08. The van der Waals surface area contributed by atoms with Crippen LogP contribution in [-0.2, 0) is 16.2 Å². The van der Waals surface area contributed by atoms with Crippen molar-refractivity contribution in [3.63, 3.8) is 0 Å². The number of rotatable bonds is 7. The first-order valence-electron chi connectivity index (χ1n) is 6.72. The highest BCUT2D eigenvalue weighted by Gasteiger charge is 2.10. The van der Waals surface area contributed by atoms with E-state index in [0.717, 1.165) is 5.56 Å². The zero-order chi connectivity index (χ0) is 15.8. The third-order valence-corrected chi connectivity index (χ3v) is 2.85. The second-order valence-electron chi connectivity index (χ2n) is 4.43. The van der Waals surface area contributed by atoms with E-state index in [-0.39, 0.29) is 6.42 Å². The molecular weight excluding hydrogens is 284 g/mol. The van der Waals surface area contributed by atoms with E-state index < -0.39 is 5.97 Å². The van der Waals surface area contributed by atoms with Gasteiger partial charge in [0, 0.05) is 6.07 Å². The molecule has 0 unspecified atom stereocenters. The minimum absolute atomic E-state index is 0.283. The molecule has 0 N–H and O–H groups in total. The van der Waals surface area contributed by atoms with Crippen LogP contribution in [0.2, 0.25) is 0 Å². The van der Waals surface area contributed by atoms with Crippen molar-refractivity contribution in [2.75, 3.05) is 7.11 Å².